The lowest BCUT2D eigenvalue weighted by molar-refractivity contribution is -0.154. The molecule has 11 heteroatoms. The minimum absolute atomic E-state index is 0.0293. The molecule has 0 amide bonds. The fourth-order valence-corrected chi connectivity index (χ4v) is 6.51. The summed E-state index contributed by atoms with van der Waals surface area (Å²) < 4.78 is 34.0. The van der Waals surface area contributed by atoms with E-state index in [-0.39, 0.29) is 40.1 Å². The van der Waals surface area contributed by atoms with Crippen LogP contribution >= 0.6 is 0 Å². The summed E-state index contributed by atoms with van der Waals surface area (Å²) in [5.41, 5.74) is 0.937. The Balaban J connectivity index is 1.38. The van der Waals surface area contributed by atoms with Crippen LogP contribution in [0, 0.1) is 29.1 Å². The van der Waals surface area contributed by atoms with Gasteiger partial charge in [-0.1, -0.05) is 62.3 Å². The standard InChI is InChI=1S/C48H67NO10/c1-33-31-38(58-42(50)34-17-21-36(22-18-34)55-28-14-16-30-57-45(53)41(49(11)12)48(8,9)10)25-26-40(33)59-43(51)35-19-23-37(24-20-35)54-27-13-15-29-56-44(52)39(47(5,6)7)32-46(2,3)4/h17-26,31,39,41H,13-16,27-30,32H2,1-12H3. The van der Waals surface area contributed by atoms with Gasteiger partial charge in [-0.05, 0) is 142 Å². The maximum atomic E-state index is 12.9. The summed E-state index contributed by atoms with van der Waals surface area (Å²) in [7, 11) is 3.75. The monoisotopic (exact) mass is 817 g/mol. The number of carbonyl (C=O) groups is 4. The maximum absolute atomic E-state index is 12.9. The van der Waals surface area contributed by atoms with Gasteiger partial charge in [-0.25, -0.2) is 9.59 Å². The Bertz CT molecular complexity index is 1810. The SMILES string of the molecule is Cc1cc(OC(=O)c2ccc(OCCCCOC(=O)C(N(C)C)C(C)(C)C)cc2)ccc1OC(=O)c1ccc(OCCCCOC(=O)C(CC(C)(C)C)C(C)(C)C)cc1. The lowest BCUT2D eigenvalue weighted by Crippen LogP contribution is -2.46. The summed E-state index contributed by atoms with van der Waals surface area (Å²) in [6.45, 7) is 22.0. The highest BCUT2D eigenvalue weighted by Crippen LogP contribution is 2.37. The molecule has 3 aromatic rings. The molecule has 0 fully saturated rings. The van der Waals surface area contributed by atoms with Crippen LogP contribution in [0.5, 0.6) is 23.0 Å². The van der Waals surface area contributed by atoms with E-state index in [0.29, 0.717) is 91.8 Å². The van der Waals surface area contributed by atoms with E-state index in [2.05, 4.69) is 41.5 Å². The summed E-state index contributed by atoms with van der Waals surface area (Å²) in [5, 5.41) is 0. The second-order valence-electron chi connectivity index (χ2n) is 18.6. The number of likely N-dealkylation sites (N-methyl/N-ethyl adjacent to an activating group) is 1. The normalized spacial score (nSPS) is 13.0. The highest BCUT2D eigenvalue weighted by atomic mass is 16.5. The van der Waals surface area contributed by atoms with E-state index in [1.54, 1.807) is 73.7 Å². The molecule has 3 rings (SSSR count). The second kappa shape index (κ2) is 21.9. The van der Waals surface area contributed by atoms with Crippen LogP contribution in [0.2, 0.25) is 0 Å². The van der Waals surface area contributed by atoms with Gasteiger partial charge in [-0.15, -0.1) is 0 Å². The Hall–Kier alpha value is -4.90. The molecule has 0 N–H and O–H groups in total. The average molecular weight is 818 g/mol. The maximum Gasteiger partial charge on any atom is 0.343 e. The van der Waals surface area contributed by atoms with Gasteiger partial charge in [0.1, 0.15) is 29.0 Å². The summed E-state index contributed by atoms with van der Waals surface area (Å²) in [6, 6.07) is 17.8. The Morgan fingerprint density at radius 3 is 1.42 bits per heavy atom. The van der Waals surface area contributed by atoms with Gasteiger partial charge in [0.15, 0.2) is 0 Å². The molecule has 324 valence electrons. The van der Waals surface area contributed by atoms with Gasteiger partial charge in [0.05, 0.1) is 43.5 Å². The van der Waals surface area contributed by atoms with Crippen molar-refractivity contribution in [2.24, 2.45) is 22.2 Å². The van der Waals surface area contributed by atoms with Crippen LogP contribution in [0.4, 0.5) is 0 Å². The van der Waals surface area contributed by atoms with Crippen molar-refractivity contribution in [1.82, 2.24) is 4.90 Å². The molecule has 0 aliphatic carbocycles. The molecule has 11 nitrogen and oxygen atoms in total. The molecule has 0 spiro atoms. The molecule has 0 saturated carbocycles. The van der Waals surface area contributed by atoms with Crippen LogP contribution in [-0.2, 0) is 19.1 Å². The van der Waals surface area contributed by atoms with Crippen molar-refractivity contribution < 1.29 is 47.6 Å². The first-order valence-corrected chi connectivity index (χ1v) is 20.6. The largest absolute Gasteiger partial charge is 0.494 e. The quantitative estimate of drug-likeness (QED) is 0.0614. The first kappa shape index (κ1) is 48.5. The number of ether oxygens (including phenoxy) is 6. The van der Waals surface area contributed by atoms with Crippen LogP contribution in [0.3, 0.4) is 0 Å². The number of hydrogen-bond donors (Lipinski definition) is 0. The first-order chi connectivity index (χ1) is 27.5. The summed E-state index contributed by atoms with van der Waals surface area (Å²) in [4.78, 5) is 53.0. The van der Waals surface area contributed by atoms with E-state index in [0.717, 1.165) is 6.42 Å². The van der Waals surface area contributed by atoms with Gasteiger partial charge in [-0.3, -0.25) is 14.5 Å². The van der Waals surface area contributed by atoms with Crippen LogP contribution in [-0.4, -0.2) is 75.3 Å². The van der Waals surface area contributed by atoms with E-state index in [9.17, 15) is 19.2 Å². The van der Waals surface area contributed by atoms with Crippen LogP contribution in [0.25, 0.3) is 0 Å². The van der Waals surface area contributed by atoms with Crippen molar-refractivity contribution in [2.75, 3.05) is 40.5 Å². The van der Waals surface area contributed by atoms with Gasteiger partial charge >= 0.3 is 23.9 Å². The van der Waals surface area contributed by atoms with Gasteiger partial charge in [-0.2, -0.15) is 0 Å². The fraction of sp³-hybridized carbons (Fsp3) is 0.542. The third-order valence-corrected chi connectivity index (χ3v) is 9.55. The Morgan fingerprint density at radius 1 is 0.559 bits per heavy atom. The molecule has 0 aliphatic heterocycles. The van der Waals surface area contributed by atoms with E-state index in [4.69, 9.17) is 28.4 Å². The van der Waals surface area contributed by atoms with Crippen molar-refractivity contribution >= 4 is 23.9 Å². The minimum atomic E-state index is -0.541. The smallest absolute Gasteiger partial charge is 0.343 e. The number of nitrogens with zero attached hydrogens (tertiary/aromatic N) is 1. The van der Waals surface area contributed by atoms with Crippen LogP contribution < -0.4 is 18.9 Å². The van der Waals surface area contributed by atoms with Crippen molar-refractivity contribution in [3.63, 3.8) is 0 Å². The third-order valence-electron chi connectivity index (χ3n) is 9.55. The summed E-state index contributed by atoms with van der Waals surface area (Å²) in [5.74, 6) is 0.248. The molecule has 0 heterocycles. The lowest BCUT2D eigenvalue weighted by atomic mass is 9.72. The number of aryl methyl sites for hydroxylation is 1. The molecule has 0 aromatic heterocycles. The van der Waals surface area contributed by atoms with Crippen molar-refractivity contribution in [1.29, 1.82) is 0 Å². The van der Waals surface area contributed by atoms with Gasteiger partial charge in [0.2, 0.25) is 0 Å². The number of benzene rings is 3. The van der Waals surface area contributed by atoms with Crippen molar-refractivity contribution in [2.45, 2.75) is 107 Å². The number of esters is 4. The molecule has 0 saturated heterocycles. The van der Waals surface area contributed by atoms with Gasteiger partial charge in [0, 0.05) is 0 Å². The predicted octanol–water partition coefficient (Wildman–Crippen LogP) is 9.91. The van der Waals surface area contributed by atoms with Crippen LogP contribution in [0.15, 0.2) is 66.7 Å². The molecule has 2 unspecified atom stereocenters. The second-order valence-corrected chi connectivity index (χ2v) is 18.6. The average Bonchev–Trinajstić information content (AvgIpc) is 3.13. The summed E-state index contributed by atoms with van der Waals surface area (Å²) >= 11 is 0. The Kier molecular flexibility index (Phi) is 18.0. The molecular formula is C48H67NO10. The molecule has 59 heavy (non-hydrogen) atoms. The van der Waals surface area contributed by atoms with Crippen LogP contribution in [0.1, 0.15) is 121 Å². The fourth-order valence-electron chi connectivity index (χ4n) is 6.51. The van der Waals surface area contributed by atoms with Crippen molar-refractivity contribution in [3.05, 3.63) is 83.4 Å². The lowest BCUT2D eigenvalue weighted by Gasteiger charge is -2.33. The van der Waals surface area contributed by atoms with E-state index < -0.39 is 11.9 Å². The highest BCUT2D eigenvalue weighted by Gasteiger charge is 2.36. The number of carbonyl (C=O) groups excluding carboxylic acids is 4. The Labute approximate surface area is 352 Å². The number of unbranched alkanes of at least 4 members (excludes halogenated alkanes) is 2. The predicted molar refractivity (Wildman–Crippen MR) is 229 cm³/mol. The number of rotatable bonds is 20. The molecule has 3 aromatic carbocycles. The first-order valence-electron chi connectivity index (χ1n) is 20.6. The van der Waals surface area contributed by atoms with E-state index in [1.807, 2.05) is 39.8 Å². The molecular weight excluding hydrogens is 751 g/mol. The third kappa shape index (κ3) is 16.7. The zero-order chi connectivity index (χ0) is 44.0. The molecule has 0 radical (unpaired) electrons. The number of hydrogen-bond acceptors (Lipinski definition) is 11. The molecule has 2 atom stereocenters. The highest BCUT2D eigenvalue weighted by molar-refractivity contribution is 5.92. The Morgan fingerprint density at radius 2 is 1.00 bits per heavy atom. The van der Waals surface area contributed by atoms with Gasteiger partial charge < -0.3 is 28.4 Å². The van der Waals surface area contributed by atoms with E-state index in [1.165, 1.54) is 0 Å². The topological polar surface area (TPSA) is 127 Å². The molecule has 0 aliphatic rings. The zero-order valence-electron chi connectivity index (χ0n) is 37.4. The van der Waals surface area contributed by atoms with E-state index >= 15 is 0 Å². The molecule has 0 bridgehead atoms. The zero-order valence-corrected chi connectivity index (χ0v) is 37.4. The summed E-state index contributed by atoms with van der Waals surface area (Å²) in [6.07, 6.45) is 3.53. The van der Waals surface area contributed by atoms with Crippen molar-refractivity contribution in [3.8, 4) is 23.0 Å². The minimum Gasteiger partial charge on any atom is -0.494 e. The van der Waals surface area contributed by atoms with Gasteiger partial charge in [0.25, 0.3) is 0 Å².